The van der Waals surface area contributed by atoms with E-state index in [-0.39, 0.29) is 30.7 Å². The fourth-order valence-corrected chi connectivity index (χ4v) is 3.12. The van der Waals surface area contributed by atoms with Gasteiger partial charge in [0.25, 0.3) is 0 Å². The third-order valence-electron chi connectivity index (χ3n) is 5.14. The number of methoxy groups -OCH3 is 1. The Kier molecular flexibility index (Phi) is 20.8. The number of ether oxygens (including phenoxy) is 3. The van der Waals surface area contributed by atoms with Crippen LogP contribution in [0.25, 0.3) is 0 Å². The number of carbonyl (C=O) groups is 2. The van der Waals surface area contributed by atoms with Gasteiger partial charge in [0.05, 0.1) is 26.1 Å². The lowest BCUT2D eigenvalue weighted by Crippen LogP contribution is -2.15. The van der Waals surface area contributed by atoms with Gasteiger partial charge < -0.3 is 14.2 Å². The minimum absolute atomic E-state index is 0.0915. The third-order valence-corrected chi connectivity index (χ3v) is 5.14. The number of unbranched alkanes of at least 4 members (excludes halogenated alkanes) is 11. The fourth-order valence-electron chi connectivity index (χ4n) is 3.12. The van der Waals surface area contributed by atoms with Crippen molar-refractivity contribution in [3.8, 4) is 0 Å². The van der Waals surface area contributed by atoms with Crippen molar-refractivity contribution in [2.75, 3.05) is 26.9 Å². The third kappa shape index (κ3) is 21.4. The van der Waals surface area contributed by atoms with Crippen LogP contribution >= 0.6 is 0 Å². The van der Waals surface area contributed by atoms with Crippen molar-refractivity contribution >= 4 is 11.9 Å². The van der Waals surface area contributed by atoms with Crippen LogP contribution in [0.2, 0.25) is 0 Å². The van der Waals surface area contributed by atoms with Crippen LogP contribution in [0.1, 0.15) is 110 Å². The predicted molar refractivity (Wildman–Crippen MR) is 118 cm³/mol. The van der Waals surface area contributed by atoms with Gasteiger partial charge in [0.15, 0.2) is 0 Å². The smallest absolute Gasteiger partial charge is 0.306 e. The van der Waals surface area contributed by atoms with E-state index < -0.39 is 0 Å². The van der Waals surface area contributed by atoms with Gasteiger partial charge in [-0.2, -0.15) is 0 Å². The molecule has 0 rings (SSSR count). The van der Waals surface area contributed by atoms with Crippen molar-refractivity contribution in [1.29, 1.82) is 0 Å². The minimum atomic E-state index is -0.336. The average molecular weight is 415 g/mol. The lowest BCUT2D eigenvalue weighted by molar-refractivity contribution is -0.151. The van der Waals surface area contributed by atoms with Crippen LogP contribution in [0, 0.1) is 5.92 Å². The molecule has 5 heteroatoms. The second-order valence-electron chi connectivity index (χ2n) is 8.18. The SMILES string of the molecule is CCCCCCCCCCCCCCOC(=O)CCC(=O)OCC(C)CCOC. The topological polar surface area (TPSA) is 61.8 Å². The van der Waals surface area contributed by atoms with E-state index >= 15 is 0 Å². The quantitative estimate of drug-likeness (QED) is 0.165. The van der Waals surface area contributed by atoms with Crippen LogP contribution in [-0.2, 0) is 23.8 Å². The number of rotatable bonds is 21. The highest BCUT2D eigenvalue weighted by Gasteiger charge is 2.11. The van der Waals surface area contributed by atoms with Gasteiger partial charge in [-0.25, -0.2) is 0 Å². The summed E-state index contributed by atoms with van der Waals surface area (Å²) in [5.74, 6) is -0.384. The highest BCUT2D eigenvalue weighted by molar-refractivity contribution is 5.77. The van der Waals surface area contributed by atoms with Crippen LogP contribution in [0.15, 0.2) is 0 Å². The normalized spacial score (nSPS) is 12.0. The summed E-state index contributed by atoms with van der Waals surface area (Å²) in [5.41, 5.74) is 0. The second-order valence-corrected chi connectivity index (χ2v) is 8.18. The standard InChI is InChI=1S/C24H46O5/c1-4-5-6-7-8-9-10-11-12-13-14-15-19-28-23(25)16-17-24(26)29-21-22(2)18-20-27-3/h22H,4-21H2,1-3H3. The monoisotopic (exact) mass is 414 g/mol. The Hall–Kier alpha value is -1.10. The van der Waals surface area contributed by atoms with Crippen LogP contribution in [0.4, 0.5) is 0 Å². The molecule has 0 radical (unpaired) electrons. The van der Waals surface area contributed by atoms with E-state index in [4.69, 9.17) is 14.2 Å². The van der Waals surface area contributed by atoms with Gasteiger partial charge in [0.2, 0.25) is 0 Å². The number of esters is 2. The molecule has 0 aromatic carbocycles. The van der Waals surface area contributed by atoms with Gasteiger partial charge in [-0.1, -0.05) is 84.5 Å². The Morgan fingerprint density at radius 2 is 1.17 bits per heavy atom. The van der Waals surface area contributed by atoms with Crippen LogP contribution in [0.3, 0.4) is 0 Å². The summed E-state index contributed by atoms with van der Waals surface area (Å²) >= 11 is 0. The van der Waals surface area contributed by atoms with Crippen molar-refractivity contribution in [3.63, 3.8) is 0 Å². The molecule has 0 aliphatic carbocycles. The molecule has 0 fully saturated rings. The van der Waals surface area contributed by atoms with Crippen LogP contribution in [0.5, 0.6) is 0 Å². The maximum atomic E-state index is 11.7. The summed E-state index contributed by atoms with van der Waals surface area (Å²) in [6.07, 6.45) is 16.4. The Morgan fingerprint density at radius 1 is 0.690 bits per heavy atom. The predicted octanol–water partition coefficient (Wildman–Crippen LogP) is 6.23. The summed E-state index contributed by atoms with van der Waals surface area (Å²) < 4.78 is 15.4. The Bertz CT molecular complexity index is 383. The van der Waals surface area contributed by atoms with Crippen LogP contribution in [-0.4, -0.2) is 38.9 Å². The Labute approximate surface area is 179 Å². The zero-order valence-corrected chi connectivity index (χ0v) is 19.3. The maximum absolute atomic E-state index is 11.7. The summed E-state index contributed by atoms with van der Waals surface area (Å²) in [6, 6.07) is 0. The van der Waals surface area contributed by atoms with E-state index in [9.17, 15) is 9.59 Å². The molecule has 0 aromatic heterocycles. The molecule has 0 spiro atoms. The van der Waals surface area contributed by atoms with Gasteiger partial charge >= 0.3 is 11.9 Å². The molecule has 1 unspecified atom stereocenters. The largest absolute Gasteiger partial charge is 0.466 e. The second kappa shape index (κ2) is 21.6. The van der Waals surface area contributed by atoms with Gasteiger partial charge in [-0.15, -0.1) is 0 Å². The molecule has 0 aliphatic rings. The first-order valence-electron chi connectivity index (χ1n) is 11.9. The molecule has 0 saturated carbocycles. The Balaban J connectivity index is 3.36. The molecule has 5 nitrogen and oxygen atoms in total. The molecule has 0 heterocycles. The summed E-state index contributed by atoms with van der Waals surface area (Å²) in [5, 5.41) is 0. The molecule has 29 heavy (non-hydrogen) atoms. The molecule has 0 aromatic rings. The highest BCUT2D eigenvalue weighted by Crippen LogP contribution is 2.12. The van der Waals surface area contributed by atoms with E-state index in [1.165, 1.54) is 64.2 Å². The molecule has 0 bridgehead atoms. The highest BCUT2D eigenvalue weighted by atomic mass is 16.5. The van der Waals surface area contributed by atoms with E-state index in [1.54, 1.807) is 7.11 Å². The van der Waals surface area contributed by atoms with Gasteiger partial charge in [0.1, 0.15) is 0 Å². The molecule has 172 valence electrons. The lowest BCUT2D eigenvalue weighted by atomic mass is 10.1. The average Bonchev–Trinajstić information content (AvgIpc) is 2.72. The first kappa shape index (κ1) is 27.9. The van der Waals surface area contributed by atoms with E-state index in [2.05, 4.69) is 6.92 Å². The number of hydrogen-bond donors (Lipinski definition) is 0. The number of hydrogen-bond acceptors (Lipinski definition) is 5. The molecule has 0 aliphatic heterocycles. The lowest BCUT2D eigenvalue weighted by Gasteiger charge is -2.11. The van der Waals surface area contributed by atoms with Crippen molar-refractivity contribution < 1.29 is 23.8 Å². The van der Waals surface area contributed by atoms with Crippen molar-refractivity contribution in [2.45, 2.75) is 110 Å². The zero-order chi connectivity index (χ0) is 21.6. The van der Waals surface area contributed by atoms with Crippen molar-refractivity contribution in [2.24, 2.45) is 5.92 Å². The van der Waals surface area contributed by atoms with Crippen molar-refractivity contribution in [1.82, 2.24) is 0 Å². The van der Waals surface area contributed by atoms with Gasteiger partial charge in [-0.3, -0.25) is 9.59 Å². The molecule has 0 N–H and O–H groups in total. The van der Waals surface area contributed by atoms with Crippen molar-refractivity contribution in [3.05, 3.63) is 0 Å². The van der Waals surface area contributed by atoms with Crippen LogP contribution < -0.4 is 0 Å². The fraction of sp³-hybridized carbons (Fsp3) is 0.917. The first-order valence-corrected chi connectivity index (χ1v) is 11.9. The molecular formula is C24H46O5. The molecular weight excluding hydrogens is 368 g/mol. The first-order chi connectivity index (χ1) is 14.1. The van der Waals surface area contributed by atoms with E-state index in [0.29, 0.717) is 19.8 Å². The summed E-state index contributed by atoms with van der Waals surface area (Å²) in [4.78, 5) is 23.3. The summed E-state index contributed by atoms with van der Waals surface area (Å²) in [7, 11) is 1.65. The molecule has 0 saturated heterocycles. The molecule has 1 atom stereocenters. The van der Waals surface area contributed by atoms with Gasteiger partial charge in [-0.05, 0) is 18.8 Å². The minimum Gasteiger partial charge on any atom is -0.466 e. The summed E-state index contributed by atoms with van der Waals surface area (Å²) in [6.45, 7) is 5.75. The maximum Gasteiger partial charge on any atom is 0.306 e. The van der Waals surface area contributed by atoms with E-state index in [1.807, 2.05) is 6.92 Å². The zero-order valence-electron chi connectivity index (χ0n) is 19.3. The molecule has 0 amide bonds. The van der Waals surface area contributed by atoms with Gasteiger partial charge in [0, 0.05) is 13.7 Å². The Morgan fingerprint density at radius 3 is 1.69 bits per heavy atom. The number of carbonyl (C=O) groups excluding carboxylic acids is 2. The van der Waals surface area contributed by atoms with E-state index in [0.717, 1.165) is 19.3 Å².